The molecule has 0 saturated heterocycles. The van der Waals surface area contributed by atoms with Crippen LogP contribution in [0, 0.1) is 0 Å². The van der Waals surface area contributed by atoms with Gasteiger partial charge in [0.05, 0.1) is 10.6 Å². The van der Waals surface area contributed by atoms with E-state index in [2.05, 4.69) is 0 Å². The number of sulfone groups is 1. The van der Waals surface area contributed by atoms with E-state index < -0.39 is 15.8 Å². The summed E-state index contributed by atoms with van der Waals surface area (Å²) in [6.07, 6.45) is 0.566. The normalized spacial score (nSPS) is 11.1. The predicted molar refractivity (Wildman–Crippen MR) is 102 cm³/mol. The van der Waals surface area contributed by atoms with Crippen molar-refractivity contribution in [3.8, 4) is 0 Å². The number of carboxylic acids is 1. The van der Waals surface area contributed by atoms with Gasteiger partial charge in [0, 0.05) is 13.0 Å². The maximum absolute atomic E-state index is 12.5. The summed E-state index contributed by atoms with van der Waals surface area (Å²) in [6, 6.07) is 15.7. The Bertz CT molecular complexity index is 876. The quantitative estimate of drug-likeness (QED) is 0.711. The van der Waals surface area contributed by atoms with Crippen LogP contribution in [0.2, 0.25) is 0 Å². The van der Waals surface area contributed by atoms with Gasteiger partial charge in [-0.2, -0.15) is 0 Å². The van der Waals surface area contributed by atoms with Crippen LogP contribution in [0.4, 0.5) is 0 Å². The smallest absolute Gasteiger partial charge is 0.323 e. The van der Waals surface area contributed by atoms with Gasteiger partial charge in [0.2, 0.25) is 5.91 Å². The fraction of sp³-hybridized carbons (Fsp3) is 0.300. The van der Waals surface area contributed by atoms with Crippen LogP contribution in [0.15, 0.2) is 59.5 Å². The molecule has 0 atom stereocenters. The van der Waals surface area contributed by atoms with Crippen molar-refractivity contribution in [1.29, 1.82) is 0 Å². The molecule has 0 aliphatic heterocycles. The van der Waals surface area contributed by atoms with E-state index in [1.807, 2.05) is 30.3 Å². The highest BCUT2D eigenvalue weighted by molar-refractivity contribution is 7.91. The molecule has 0 unspecified atom stereocenters. The number of nitrogens with zero attached hydrogens (tertiary/aromatic N) is 1. The Kier molecular flexibility index (Phi) is 7.12. The Balaban J connectivity index is 2.01. The molecule has 27 heavy (non-hydrogen) atoms. The van der Waals surface area contributed by atoms with Gasteiger partial charge in [-0.05, 0) is 29.7 Å². The number of carbonyl (C=O) groups excluding carboxylic acids is 1. The second kappa shape index (κ2) is 9.32. The maximum Gasteiger partial charge on any atom is 0.323 e. The van der Waals surface area contributed by atoms with Crippen LogP contribution >= 0.6 is 0 Å². The average molecular weight is 389 g/mol. The topological polar surface area (TPSA) is 91.8 Å². The van der Waals surface area contributed by atoms with Gasteiger partial charge in [-0.15, -0.1) is 0 Å². The number of hydrogen-bond acceptors (Lipinski definition) is 4. The molecule has 1 N–H and O–H groups in total. The number of hydrogen-bond donors (Lipinski definition) is 1. The Morgan fingerprint density at radius 2 is 1.59 bits per heavy atom. The van der Waals surface area contributed by atoms with Crippen molar-refractivity contribution in [3.05, 3.63) is 65.7 Å². The lowest BCUT2D eigenvalue weighted by Crippen LogP contribution is -2.35. The molecule has 2 aromatic rings. The summed E-state index contributed by atoms with van der Waals surface area (Å²) in [5, 5.41) is 9.08. The number of amides is 1. The van der Waals surface area contributed by atoms with E-state index in [0.717, 1.165) is 11.1 Å². The van der Waals surface area contributed by atoms with Crippen molar-refractivity contribution in [2.45, 2.75) is 31.2 Å². The third kappa shape index (κ3) is 6.21. The molecule has 0 aromatic heterocycles. The van der Waals surface area contributed by atoms with Gasteiger partial charge in [-0.1, -0.05) is 49.4 Å². The van der Waals surface area contributed by atoms with E-state index >= 15 is 0 Å². The first-order chi connectivity index (χ1) is 12.8. The molecule has 0 bridgehead atoms. The Labute approximate surface area is 159 Å². The lowest BCUT2D eigenvalue weighted by Gasteiger charge is -2.21. The van der Waals surface area contributed by atoms with E-state index in [1.165, 1.54) is 17.0 Å². The molecule has 0 saturated carbocycles. The van der Waals surface area contributed by atoms with Crippen LogP contribution in [0.1, 0.15) is 24.5 Å². The second-order valence-corrected chi connectivity index (χ2v) is 8.45. The molecule has 0 fully saturated rings. The summed E-state index contributed by atoms with van der Waals surface area (Å²) in [6.45, 7) is 1.47. The zero-order valence-corrected chi connectivity index (χ0v) is 16.0. The molecule has 2 aromatic carbocycles. The van der Waals surface area contributed by atoms with E-state index in [1.54, 1.807) is 19.1 Å². The second-order valence-electron chi connectivity index (χ2n) is 6.18. The average Bonchev–Trinajstić information content (AvgIpc) is 2.66. The Morgan fingerprint density at radius 3 is 2.15 bits per heavy atom. The molecule has 0 heterocycles. The van der Waals surface area contributed by atoms with Crippen LogP contribution in [0.3, 0.4) is 0 Å². The molecule has 6 nitrogen and oxygen atoms in total. The molecular weight excluding hydrogens is 366 g/mol. The SMILES string of the molecule is CCS(=O)(=O)c1ccc(CCC(=O)N(CC(=O)O)Cc2ccccc2)cc1. The third-order valence-electron chi connectivity index (χ3n) is 4.19. The Hall–Kier alpha value is -2.67. The van der Waals surface area contributed by atoms with Gasteiger partial charge in [-0.3, -0.25) is 9.59 Å². The van der Waals surface area contributed by atoms with Gasteiger partial charge in [0.25, 0.3) is 0 Å². The first-order valence-electron chi connectivity index (χ1n) is 8.67. The summed E-state index contributed by atoms with van der Waals surface area (Å²) >= 11 is 0. The third-order valence-corrected chi connectivity index (χ3v) is 5.94. The van der Waals surface area contributed by atoms with Crippen LogP contribution in [-0.4, -0.2) is 42.6 Å². The summed E-state index contributed by atoms with van der Waals surface area (Å²) < 4.78 is 23.7. The first-order valence-corrected chi connectivity index (χ1v) is 10.3. The summed E-state index contributed by atoms with van der Waals surface area (Å²) in [4.78, 5) is 25.2. The minimum Gasteiger partial charge on any atom is -0.480 e. The standard InChI is InChI=1S/C20H23NO5S/c1-2-27(25,26)18-11-8-16(9-12-18)10-13-19(22)21(15-20(23)24)14-17-6-4-3-5-7-17/h3-9,11-12H,2,10,13-15H2,1H3,(H,23,24). The predicted octanol–water partition coefficient (Wildman–Crippen LogP) is 2.53. The van der Waals surface area contributed by atoms with Gasteiger partial charge in [0.15, 0.2) is 9.84 Å². The summed E-state index contributed by atoms with van der Waals surface area (Å²) in [7, 11) is -3.25. The molecule has 7 heteroatoms. The number of benzene rings is 2. The highest BCUT2D eigenvalue weighted by Crippen LogP contribution is 2.14. The van der Waals surface area contributed by atoms with Gasteiger partial charge in [0.1, 0.15) is 6.54 Å². The van der Waals surface area contributed by atoms with Crippen molar-refractivity contribution < 1.29 is 23.1 Å². The molecule has 0 aliphatic rings. The minimum atomic E-state index is -3.25. The number of aliphatic carboxylic acids is 1. The van der Waals surface area contributed by atoms with E-state index in [-0.39, 0.29) is 36.1 Å². The zero-order chi connectivity index (χ0) is 19.9. The Morgan fingerprint density at radius 1 is 0.963 bits per heavy atom. The number of rotatable bonds is 9. The van der Waals surface area contributed by atoms with Crippen molar-refractivity contribution >= 4 is 21.7 Å². The van der Waals surface area contributed by atoms with Crippen LogP contribution in [0.25, 0.3) is 0 Å². The number of aryl methyl sites for hydroxylation is 1. The zero-order valence-electron chi connectivity index (χ0n) is 15.2. The van der Waals surface area contributed by atoms with Crippen LogP contribution < -0.4 is 0 Å². The fourth-order valence-corrected chi connectivity index (χ4v) is 3.52. The van der Waals surface area contributed by atoms with Crippen molar-refractivity contribution in [2.75, 3.05) is 12.3 Å². The van der Waals surface area contributed by atoms with Crippen molar-refractivity contribution in [1.82, 2.24) is 4.90 Å². The molecule has 0 aliphatic carbocycles. The fourth-order valence-electron chi connectivity index (χ4n) is 2.64. The number of carboxylic acid groups (broad SMARTS) is 1. The van der Waals surface area contributed by atoms with Crippen molar-refractivity contribution in [3.63, 3.8) is 0 Å². The first kappa shape index (κ1) is 20.6. The molecular formula is C20H23NO5S. The minimum absolute atomic E-state index is 0.0362. The van der Waals surface area contributed by atoms with E-state index in [0.29, 0.717) is 6.42 Å². The molecule has 0 radical (unpaired) electrons. The lowest BCUT2D eigenvalue weighted by molar-refractivity contribution is -0.144. The van der Waals surface area contributed by atoms with Crippen LogP contribution in [-0.2, 0) is 32.4 Å². The lowest BCUT2D eigenvalue weighted by atomic mass is 10.1. The number of carbonyl (C=O) groups is 2. The van der Waals surface area contributed by atoms with Crippen LogP contribution in [0.5, 0.6) is 0 Å². The monoisotopic (exact) mass is 389 g/mol. The van der Waals surface area contributed by atoms with Crippen molar-refractivity contribution in [2.24, 2.45) is 0 Å². The summed E-state index contributed by atoms with van der Waals surface area (Å²) in [5.74, 6) is -1.28. The van der Waals surface area contributed by atoms with Gasteiger partial charge in [-0.25, -0.2) is 8.42 Å². The maximum atomic E-state index is 12.5. The molecule has 1 amide bonds. The molecule has 144 valence electrons. The largest absolute Gasteiger partial charge is 0.480 e. The summed E-state index contributed by atoms with van der Waals surface area (Å²) in [5.41, 5.74) is 1.69. The van der Waals surface area contributed by atoms with E-state index in [9.17, 15) is 18.0 Å². The molecule has 0 spiro atoms. The van der Waals surface area contributed by atoms with Gasteiger partial charge >= 0.3 is 5.97 Å². The van der Waals surface area contributed by atoms with Gasteiger partial charge < -0.3 is 10.0 Å². The van der Waals surface area contributed by atoms with E-state index in [4.69, 9.17) is 5.11 Å². The highest BCUT2D eigenvalue weighted by Gasteiger charge is 2.17. The highest BCUT2D eigenvalue weighted by atomic mass is 32.2. The molecule has 2 rings (SSSR count).